The van der Waals surface area contributed by atoms with Crippen LogP contribution in [0, 0.1) is 5.82 Å². The zero-order valence-corrected chi connectivity index (χ0v) is 25.2. The van der Waals surface area contributed by atoms with E-state index < -0.39 is 17.8 Å². The van der Waals surface area contributed by atoms with Crippen LogP contribution >= 0.6 is 0 Å². The number of halogens is 1. The number of ether oxygens (including phenoxy) is 4. The molecule has 0 fully saturated rings. The molecule has 0 aromatic heterocycles. The molecule has 47 heavy (non-hydrogen) atoms. The molecule has 0 saturated heterocycles. The van der Waals surface area contributed by atoms with E-state index in [9.17, 15) is 14.0 Å². The lowest BCUT2D eigenvalue weighted by atomic mass is 10.2. The van der Waals surface area contributed by atoms with E-state index in [1.54, 1.807) is 78.9 Å². The molecular weight excluding hydrogens is 607 g/mol. The molecule has 4 rings (SSSR count). The van der Waals surface area contributed by atoms with Gasteiger partial charge < -0.3 is 29.8 Å². The van der Waals surface area contributed by atoms with Gasteiger partial charge in [0.05, 0.1) is 28.4 Å². The molecule has 0 radical (unpaired) electrons. The van der Waals surface area contributed by atoms with E-state index in [1.165, 1.54) is 12.1 Å². The van der Waals surface area contributed by atoms with Gasteiger partial charge in [-0.15, -0.1) is 5.11 Å². The predicted molar refractivity (Wildman–Crippen MR) is 175 cm³/mol. The van der Waals surface area contributed by atoms with Gasteiger partial charge >= 0.3 is 11.9 Å². The van der Waals surface area contributed by atoms with E-state index in [-0.39, 0.29) is 32.1 Å². The number of carbonyl (C=O) groups excluding carboxylic acids is 2. The summed E-state index contributed by atoms with van der Waals surface area (Å²) >= 11 is 0. The first kappa shape index (κ1) is 33.5. The number of azo groups is 2. The van der Waals surface area contributed by atoms with Crippen LogP contribution in [0.15, 0.2) is 137 Å². The van der Waals surface area contributed by atoms with Crippen molar-refractivity contribution < 1.29 is 32.9 Å². The van der Waals surface area contributed by atoms with Crippen molar-refractivity contribution in [2.75, 3.05) is 37.3 Å². The Morgan fingerprint density at radius 1 is 0.596 bits per heavy atom. The quantitative estimate of drug-likeness (QED) is 0.0386. The zero-order valence-electron chi connectivity index (χ0n) is 25.2. The van der Waals surface area contributed by atoms with E-state index in [0.29, 0.717) is 34.2 Å². The Morgan fingerprint density at radius 3 is 1.49 bits per heavy atom. The topological polar surface area (TPSA) is 145 Å². The Labute approximate surface area is 270 Å². The number of esters is 2. The summed E-state index contributed by atoms with van der Waals surface area (Å²) in [7, 11) is 0. The van der Waals surface area contributed by atoms with Crippen molar-refractivity contribution in [3.05, 3.63) is 122 Å². The molecule has 2 N–H and O–H groups in total. The largest absolute Gasteiger partial charge is 0.490 e. The SMILES string of the molecule is C=CC(=O)OCCOc1ccc(/N=N/c2ccc(NNc3ccc(/N=N/c4ccc(OCCOC(=O)C=C)cc4)c(F)c3)cc2)cc1. The third-order valence-corrected chi connectivity index (χ3v) is 5.92. The lowest BCUT2D eigenvalue weighted by Crippen LogP contribution is -2.09. The van der Waals surface area contributed by atoms with Gasteiger partial charge in [0.1, 0.15) is 43.6 Å². The highest BCUT2D eigenvalue weighted by Crippen LogP contribution is 2.26. The van der Waals surface area contributed by atoms with E-state index >= 15 is 0 Å². The second-order valence-corrected chi connectivity index (χ2v) is 9.29. The molecule has 0 aliphatic heterocycles. The fourth-order valence-electron chi connectivity index (χ4n) is 3.59. The molecule has 240 valence electrons. The normalized spacial score (nSPS) is 10.7. The van der Waals surface area contributed by atoms with Crippen LogP contribution in [0.5, 0.6) is 11.5 Å². The minimum absolute atomic E-state index is 0.0725. The minimum atomic E-state index is -0.557. The number of carbonyl (C=O) groups is 2. The number of rotatable bonds is 17. The summed E-state index contributed by atoms with van der Waals surface area (Å²) in [6.07, 6.45) is 2.18. The zero-order chi connectivity index (χ0) is 33.3. The summed E-state index contributed by atoms with van der Waals surface area (Å²) < 4.78 is 35.4. The molecule has 0 bridgehead atoms. The molecule has 0 heterocycles. The average Bonchev–Trinajstić information content (AvgIpc) is 3.11. The number of hydrogen-bond acceptors (Lipinski definition) is 12. The van der Waals surface area contributed by atoms with Crippen molar-refractivity contribution in [1.29, 1.82) is 0 Å². The predicted octanol–water partition coefficient (Wildman–Crippen LogP) is 8.31. The van der Waals surface area contributed by atoms with E-state index in [4.69, 9.17) is 18.9 Å². The van der Waals surface area contributed by atoms with Crippen LogP contribution in [0.2, 0.25) is 0 Å². The second-order valence-electron chi connectivity index (χ2n) is 9.29. The number of hydrazine groups is 1. The molecular formula is C34H31FN6O6. The fourth-order valence-corrected chi connectivity index (χ4v) is 3.59. The van der Waals surface area contributed by atoms with Crippen molar-refractivity contribution in [2.24, 2.45) is 20.5 Å². The molecule has 13 heteroatoms. The Balaban J connectivity index is 1.20. The fraction of sp³-hybridized carbons (Fsp3) is 0.118. The summed E-state index contributed by atoms with van der Waals surface area (Å²) in [5.74, 6) is -0.400. The van der Waals surface area contributed by atoms with Gasteiger partial charge in [0.15, 0.2) is 5.82 Å². The van der Waals surface area contributed by atoms with Gasteiger partial charge in [-0.05, 0) is 84.9 Å². The summed E-state index contributed by atoms with van der Waals surface area (Å²) in [4.78, 5) is 22.1. The van der Waals surface area contributed by atoms with E-state index in [0.717, 1.165) is 17.8 Å². The van der Waals surface area contributed by atoms with Gasteiger partial charge in [-0.25, -0.2) is 14.0 Å². The van der Waals surface area contributed by atoms with Gasteiger partial charge in [-0.1, -0.05) is 13.2 Å². The van der Waals surface area contributed by atoms with Crippen LogP contribution in [-0.2, 0) is 19.1 Å². The number of benzene rings is 4. The minimum Gasteiger partial charge on any atom is -0.490 e. The molecule has 0 aliphatic carbocycles. The van der Waals surface area contributed by atoms with Crippen molar-refractivity contribution in [3.63, 3.8) is 0 Å². The maximum atomic E-state index is 14.7. The molecule has 0 saturated carbocycles. The highest BCUT2D eigenvalue weighted by molar-refractivity contribution is 5.81. The van der Waals surface area contributed by atoms with Crippen LogP contribution < -0.4 is 20.3 Å². The molecule has 0 spiro atoms. The monoisotopic (exact) mass is 638 g/mol. The van der Waals surface area contributed by atoms with Crippen LogP contribution in [0.4, 0.5) is 38.5 Å². The highest BCUT2D eigenvalue weighted by atomic mass is 19.1. The molecule has 0 aliphatic rings. The standard InChI is InChI=1S/C34H31FN6O6/c1-3-33(42)46-21-19-44-29-14-9-26(10-15-29)37-36-24-5-7-25(8-6-24)38-40-28-13-18-32(31(35)23-28)41-39-27-11-16-30(17-12-27)45-20-22-47-34(43)4-2/h3-18,23,38,40H,1-2,19-22H2/b37-36+,41-39+. The third kappa shape index (κ3) is 11.6. The average molecular weight is 639 g/mol. The lowest BCUT2D eigenvalue weighted by Gasteiger charge is -2.10. The number of nitrogens with zero attached hydrogens (tertiary/aromatic N) is 4. The summed E-state index contributed by atoms with van der Waals surface area (Å²) in [6.45, 7) is 7.28. The van der Waals surface area contributed by atoms with Gasteiger partial charge in [0.2, 0.25) is 0 Å². The molecule has 12 nitrogen and oxygen atoms in total. The summed E-state index contributed by atoms with van der Waals surface area (Å²) in [5, 5.41) is 16.5. The van der Waals surface area contributed by atoms with Crippen LogP contribution in [0.3, 0.4) is 0 Å². The molecule has 4 aromatic carbocycles. The second kappa shape index (κ2) is 17.8. The Hall–Kier alpha value is -6.37. The lowest BCUT2D eigenvalue weighted by molar-refractivity contribution is -0.139. The Kier molecular flexibility index (Phi) is 12.7. The van der Waals surface area contributed by atoms with Gasteiger partial charge in [-0.3, -0.25) is 0 Å². The molecule has 0 amide bonds. The van der Waals surface area contributed by atoms with Gasteiger partial charge in [0, 0.05) is 18.2 Å². The van der Waals surface area contributed by atoms with Crippen LogP contribution in [0.1, 0.15) is 0 Å². The Bertz CT molecular complexity index is 1710. The van der Waals surface area contributed by atoms with Gasteiger partial charge in [-0.2, -0.15) is 15.3 Å². The maximum Gasteiger partial charge on any atom is 0.330 e. The molecule has 0 unspecified atom stereocenters. The first-order valence-electron chi connectivity index (χ1n) is 14.2. The number of anilines is 2. The van der Waals surface area contributed by atoms with E-state index in [2.05, 4.69) is 44.5 Å². The van der Waals surface area contributed by atoms with Crippen molar-refractivity contribution in [2.45, 2.75) is 0 Å². The molecule has 4 aromatic rings. The highest BCUT2D eigenvalue weighted by Gasteiger charge is 2.04. The van der Waals surface area contributed by atoms with Crippen molar-refractivity contribution >= 4 is 46.1 Å². The maximum absolute atomic E-state index is 14.7. The third-order valence-electron chi connectivity index (χ3n) is 5.92. The van der Waals surface area contributed by atoms with Crippen LogP contribution in [-0.4, -0.2) is 38.4 Å². The first-order chi connectivity index (χ1) is 22.9. The number of nitrogens with one attached hydrogen (secondary N) is 2. The first-order valence-corrected chi connectivity index (χ1v) is 14.2. The summed E-state index contributed by atoms with van der Waals surface area (Å²) in [6, 6.07) is 25.3. The number of hydrogen-bond donors (Lipinski definition) is 2. The van der Waals surface area contributed by atoms with Gasteiger partial charge in [0.25, 0.3) is 0 Å². The van der Waals surface area contributed by atoms with Crippen molar-refractivity contribution in [3.8, 4) is 11.5 Å². The van der Waals surface area contributed by atoms with Crippen LogP contribution in [0.25, 0.3) is 0 Å². The van der Waals surface area contributed by atoms with E-state index in [1.807, 2.05) is 0 Å². The Morgan fingerprint density at radius 2 is 1.02 bits per heavy atom. The van der Waals surface area contributed by atoms with Crippen molar-refractivity contribution in [1.82, 2.24) is 0 Å². The molecule has 0 atom stereocenters. The smallest absolute Gasteiger partial charge is 0.330 e. The summed E-state index contributed by atoms with van der Waals surface area (Å²) in [5.41, 5.74) is 9.00.